The van der Waals surface area contributed by atoms with E-state index in [-0.39, 0.29) is 29.9 Å². The highest BCUT2D eigenvalue weighted by Crippen LogP contribution is 2.46. The van der Waals surface area contributed by atoms with Crippen LogP contribution in [-0.2, 0) is 9.84 Å². The van der Waals surface area contributed by atoms with Gasteiger partial charge in [-0.25, -0.2) is 8.42 Å². The molecule has 2 saturated carbocycles. The summed E-state index contributed by atoms with van der Waals surface area (Å²) in [7, 11) is -2.81. The summed E-state index contributed by atoms with van der Waals surface area (Å²) in [6.07, 6.45) is 6.58. The summed E-state index contributed by atoms with van der Waals surface area (Å²) in [6, 6.07) is 0.833. The van der Waals surface area contributed by atoms with Crippen LogP contribution in [0.3, 0.4) is 0 Å². The van der Waals surface area contributed by atoms with Crippen molar-refractivity contribution in [1.82, 2.24) is 15.1 Å². The lowest BCUT2D eigenvalue weighted by atomic mass is 9.93. The molecular formula is C19H35IN4O2S. The van der Waals surface area contributed by atoms with Gasteiger partial charge in [-0.05, 0) is 50.4 Å². The third-order valence-electron chi connectivity index (χ3n) is 6.94. The maximum absolute atomic E-state index is 11.6. The lowest BCUT2D eigenvalue weighted by Crippen LogP contribution is -2.55. The minimum Gasteiger partial charge on any atom is -0.357 e. The maximum atomic E-state index is 11.6. The molecule has 8 heteroatoms. The predicted octanol–water partition coefficient (Wildman–Crippen LogP) is 1.81. The first-order chi connectivity index (χ1) is 12.5. The van der Waals surface area contributed by atoms with Crippen molar-refractivity contribution in [3.8, 4) is 0 Å². The lowest BCUT2D eigenvalue weighted by Gasteiger charge is -2.42. The van der Waals surface area contributed by atoms with E-state index in [4.69, 9.17) is 4.99 Å². The summed E-state index contributed by atoms with van der Waals surface area (Å²) in [6.45, 7) is 7.92. The van der Waals surface area contributed by atoms with E-state index in [2.05, 4.69) is 22.0 Å². The van der Waals surface area contributed by atoms with Gasteiger partial charge in [0.1, 0.15) is 0 Å². The summed E-state index contributed by atoms with van der Waals surface area (Å²) in [5.74, 6) is 3.79. The Labute approximate surface area is 181 Å². The second-order valence-electron chi connectivity index (χ2n) is 8.73. The Hall–Kier alpha value is -0.0900. The van der Waals surface area contributed by atoms with Gasteiger partial charge in [-0.1, -0.05) is 6.42 Å². The van der Waals surface area contributed by atoms with Crippen LogP contribution in [0.15, 0.2) is 4.99 Å². The van der Waals surface area contributed by atoms with Gasteiger partial charge in [0.05, 0.1) is 11.5 Å². The highest BCUT2D eigenvalue weighted by Gasteiger charge is 2.42. The van der Waals surface area contributed by atoms with Crippen LogP contribution in [0, 0.1) is 17.8 Å². The van der Waals surface area contributed by atoms with Gasteiger partial charge in [-0.2, -0.15) is 0 Å². The quantitative estimate of drug-likeness (QED) is 0.355. The Morgan fingerprint density at radius 2 is 1.89 bits per heavy atom. The van der Waals surface area contributed by atoms with E-state index in [1.165, 1.54) is 25.7 Å². The molecule has 4 unspecified atom stereocenters. The molecule has 4 rings (SSSR count). The molecule has 4 aliphatic rings. The van der Waals surface area contributed by atoms with Crippen molar-refractivity contribution in [2.24, 2.45) is 22.7 Å². The third-order valence-corrected chi connectivity index (χ3v) is 8.78. The molecule has 0 aromatic rings. The Bertz CT molecular complexity index is 634. The van der Waals surface area contributed by atoms with Crippen LogP contribution in [0.4, 0.5) is 0 Å². The van der Waals surface area contributed by atoms with E-state index < -0.39 is 9.84 Å². The average Bonchev–Trinajstić information content (AvgIpc) is 3.34. The molecule has 27 heavy (non-hydrogen) atoms. The fourth-order valence-electron chi connectivity index (χ4n) is 5.58. The van der Waals surface area contributed by atoms with Crippen molar-refractivity contribution in [2.75, 3.05) is 50.8 Å². The van der Waals surface area contributed by atoms with Crippen molar-refractivity contribution < 1.29 is 8.42 Å². The molecule has 2 heterocycles. The molecule has 0 aromatic carbocycles. The monoisotopic (exact) mass is 510 g/mol. The molecule has 2 aliphatic heterocycles. The summed E-state index contributed by atoms with van der Waals surface area (Å²) in [5, 5.41) is 3.42. The normalized spacial score (nSPS) is 36.0. The van der Waals surface area contributed by atoms with Crippen LogP contribution in [0.2, 0.25) is 0 Å². The number of aliphatic imine (C=N–C) groups is 1. The van der Waals surface area contributed by atoms with Gasteiger partial charge in [-0.15, -0.1) is 24.0 Å². The number of hydrogen-bond donors (Lipinski definition) is 1. The number of guanidine groups is 1. The lowest BCUT2D eigenvalue weighted by molar-refractivity contribution is 0.0958. The van der Waals surface area contributed by atoms with Gasteiger partial charge in [0.15, 0.2) is 15.8 Å². The standard InChI is InChI=1S/C19H34N4O2S.HI/c1-2-20-19(21-13-16-5-10-26(24,25)14-16)23-8-6-22(7-9-23)18-12-15-3-4-17(18)11-15;/h15-18H,2-14H2,1H3,(H,20,21);1H. The van der Waals surface area contributed by atoms with E-state index in [0.717, 1.165) is 63.0 Å². The van der Waals surface area contributed by atoms with Crippen molar-refractivity contribution >= 4 is 39.8 Å². The average molecular weight is 510 g/mol. The van der Waals surface area contributed by atoms with Gasteiger partial charge < -0.3 is 10.2 Å². The summed E-state index contributed by atoms with van der Waals surface area (Å²) < 4.78 is 23.3. The number of fused-ring (bicyclic) bond motifs is 2. The number of nitrogens with one attached hydrogen (secondary N) is 1. The van der Waals surface area contributed by atoms with E-state index in [9.17, 15) is 8.42 Å². The SMILES string of the molecule is CCNC(=NCC1CCS(=O)(=O)C1)N1CCN(C2CC3CCC2C3)CC1.I. The fraction of sp³-hybridized carbons (Fsp3) is 0.947. The third kappa shape index (κ3) is 5.10. The van der Waals surface area contributed by atoms with Gasteiger partial charge in [0.2, 0.25) is 0 Å². The molecular weight excluding hydrogens is 475 g/mol. The van der Waals surface area contributed by atoms with E-state index in [1.54, 1.807) is 0 Å². The molecule has 2 saturated heterocycles. The van der Waals surface area contributed by atoms with Gasteiger partial charge in [0, 0.05) is 45.3 Å². The summed E-state index contributed by atoms with van der Waals surface area (Å²) in [5.41, 5.74) is 0. The minimum absolute atomic E-state index is 0. The largest absolute Gasteiger partial charge is 0.357 e. The molecule has 0 aromatic heterocycles. The van der Waals surface area contributed by atoms with E-state index in [0.29, 0.717) is 18.1 Å². The zero-order chi connectivity index (χ0) is 18.1. The van der Waals surface area contributed by atoms with Crippen LogP contribution in [0.1, 0.15) is 39.0 Å². The first-order valence-corrected chi connectivity index (χ1v) is 12.3. The first kappa shape index (κ1) is 21.6. The maximum Gasteiger partial charge on any atom is 0.194 e. The fourth-order valence-corrected chi connectivity index (χ4v) is 7.43. The number of piperazine rings is 1. The van der Waals surface area contributed by atoms with Crippen molar-refractivity contribution in [2.45, 2.75) is 45.1 Å². The number of rotatable bonds is 4. The summed E-state index contributed by atoms with van der Waals surface area (Å²) in [4.78, 5) is 9.90. The van der Waals surface area contributed by atoms with Gasteiger partial charge >= 0.3 is 0 Å². The van der Waals surface area contributed by atoms with Crippen molar-refractivity contribution in [3.63, 3.8) is 0 Å². The molecule has 1 N–H and O–H groups in total. The topological polar surface area (TPSA) is 65.0 Å². The molecule has 2 bridgehead atoms. The number of hydrogen-bond acceptors (Lipinski definition) is 4. The molecule has 156 valence electrons. The van der Waals surface area contributed by atoms with Crippen LogP contribution in [-0.4, -0.2) is 81.0 Å². The Morgan fingerprint density at radius 1 is 1.11 bits per heavy atom. The highest BCUT2D eigenvalue weighted by molar-refractivity contribution is 14.0. The second-order valence-corrected chi connectivity index (χ2v) is 11.0. The van der Waals surface area contributed by atoms with Crippen LogP contribution in [0.5, 0.6) is 0 Å². The zero-order valence-corrected chi connectivity index (χ0v) is 19.6. The molecule has 6 nitrogen and oxygen atoms in total. The number of sulfone groups is 1. The first-order valence-electron chi connectivity index (χ1n) is 10.5. The van der Waals surface area contributed by atoms with Crippen molar-refractivity contribution in [3.05, 3.63) is 0 Å². The zero-order valence-electron chi connectivity index (χ0n) is 16.5. The van der Waals surface area contributed by atoms with Crippen LogP contribution in [0.25, 0.3) is 0 Å². The Kier molecular flexibility index (Phi) is 7.33. The smallest absolute Gasteiger partial charge is 0.194 e. The van der Waals surface area contributed by atoms with Gasteiger partial charge in [0.25, 0.3) is 0 Å². The van der Waals surface area contributed by atoms with E-state index in [1.807, 2.05) is 0 Å². The number of halogens is 1. The van der Waals surface area contributed by atoms with Crippen LogP contribution >= 0.6 is 24.0 Å². The summed E-state index contributed by atoms with van der Waals surface area (Å²) >= 11 is 0. The molecule has 4 atom stereocenters. The molecule has 2 aliphatic carbocycles. The highest BCUT2D eigenvalue weighted by atomic mass is 127. The number of nitrogens with zero attached hydrogens (tertiary/aromatic N) is 3. The predicted molar refractivity (Wildman–Crippen MR) is 121 cm³/mol. The van der Waals surface area contributed by atoms with Crippen molar-refractivity contribution in [1.29, 1.82) is 0 Å². The molecule has 0 amide bonds. The Balaban J connectivity index is 0.00000210. The minimum atomic E-state index is -2.81. The molecule has 0 spiro atoms. The van der Waals surface area contributed by atoms with Crippen LogP contribution < -0.4 is 5.32 Å². The second kappa shape index (κ2) is 9.15. The molecule has 0 radical (unpaired) electrons. The van der Waals surface area contributed by atoms with E-state index >= 15 is 0 Å². The molecule has 4 fully saturated rings. The van der Waals surface area contributed by atoms with Gasteiger partial charge in [-0.3, -0.25) is 9.89 Å². The Morgan fingerprint density at radius 3 is 2.44 bits per heavy atom.